The van der Waals surface area contributed by atoms with Crippen LogP contribution in [0.15, 0.2) is 54.9 Å². The van der Waals surface area contributed by atoms with E-state index in [0.717, 1.165) is 22.3 Å². The second-order valence-electron chi connectivity index (χ2n) is 4.21. The van der Waals surface area contributed by atoms with Crippen molar-refractivity contribution in [2.24, 2.45) is 0 Å². The number of ketones is 1. The highest BCUT2D eigenvalue weighted by Gasteiger charge is 2.04. The molecule has 0 unspecified atom stereocenters. The number of hydrogen-bond acceptors (Lipinski definition) is 2. The molecule has 0 radical (unpaired) electrons. The molecule has 0 saturated carbocycles. The minimum absolute atomic E-state index is 0.0806. The minimum Gasteiger partial charge on any atom is -0.299 e. The maximum Gasteiger partial charge on any atom is 0.159 e. The molecule has 0 N–H and O–H groups in total. The number of nitrogens with zero attached hydrogens (tertiary/aromatic N) is 2. The zero-order chi connectivity index (χ0) is 12.5. The lowest BCUT2D eigenvalue weighted by Gasteiger charge is -2.04. The Morgan fingerprint density at radius 1 is 1.06 bits per heavy atom. The van der Waals surface area contributed by atoms with Gasteiger partial charge in [-0.05, 0) is 43.3 Å². The SMILES string of the molecule is CC(=O)c1ccc(-n2cnc3ccccc32)cc1. The lowest BCUT2D eigenvalue weighted by Crippen LogP contribution is -1.95. The van der Waals surface area contributed by atoms with E-state index in [1.165, 1.54) is 0 Å². The number of carbonyl (C=O) groups is 1. The molecule has 88 valence electrons. The van der Waals surface area contributed by atoms with Crippen LogP contribution in [0.1, 0.15) is 17.3 Å². The van der Waals surface area contributed by atoms with Crippen LogP contribution in [0.4, 0.5) is 0 Å². The molecular weight excluding hydrogens is 224 g/mol. The van der Waals surface area contributed by atoms with E-state index < -0.39 is 0 Å². The number of para-hydroxylation sites is 2. The van der Waals surface area contributed by atoms with Gasteiger partial charge in [0.1, 0.15) is 6.33 Å². The van der Waals surface area contributed by atoms with Crippen molar-refractivity contribution in [3.05, 3.63) is 60.4 Å². The van der Waals surface area contributed by atoms with E-state index in [1.807, 2.05) is 53.1 Å². The lowest BCUT2D eigenvalue weighted by molar-refractivity contribution is 0.101. The average Bonchev–Trinajstić information content (AvgIpc) is 2.82. The second-order valence-corrected chi connectivity index (χ2v) is 4.21. The quantitative estimate of drug-likeness (QED) is 0.640. The molecule has 0 amide bonds. The number of aromatic nitrogens is 2. The molecule has 3 heteroatoms. The number of fused-ring (bicyclic) bond motifs is 1. The lowest BCUT2D eigenvalue weighted by atomic mass is 10.1. The Labute approximate surface area is 105 Å². The largest absolute Gasteiger partial charge is 0.299 e. The Kier molecular flexibility index (Phi) is 2.45. The van der Waals surface area contributed by atoms with Gasteiger partial charge in [0.25, 0.3) is 0 Å². The molecule has 0 fully saturated rings. The molecule has 3 aromatic rings. The second kappa shape index (κ2) is 4.11. The Balaban J connectivity index is 2.12. The summed E-state index contributed by atoms with van der Waals surface area (Å²) < 4.78 is 2.01. The Bertz CT molecular complexity index is 711. The van der Waals surface area contributed by atoms with E-state index in [2.05, 4.69) is 4.98 Å². The zero-order valence-corrected chi connectivity index (χ0v) is 10.00. The van der Waals surface area contributed by atoms with Gasteiger partial charge in [-0.25, -0.2) is 4.98 Å². The normalized spacial score (nSPS) is 10.7. The van der Waals surface area contributed by atoms with Crippen LogP contribution in [0.5, 0.6) is 0 Å². The first kappa shape index (κ1) is 10.7. The number of Topliss-reactive ketones (excluding diaryl/α,β-unsaturated/α-hetero) is 1. The average molecular weight is 236 g/mol. The number of benzene rings is 2. The fourth-order valence-corrected chi connectivity index (χ4v) is 2.02. The number of rotatable bonds is 2. The monoisotopic (exact) mass is 236 g/mol. The van der Waals surface area contributed by atoms with E-state index in [-0.39, 0.29) is 5.78 Å². The van der Waals surface area contributed by atoms with Gasteiger partial charge in [0.15, 0.2) is 5.78 Å². The highest BCUT2D eigenvalue weighted by Crippen LogP contribution is 2.18. The fourth-order valence-electron chi connectivity index (χ4n) is 2.02. The Morgan fingerprint density at radius 3 is 2.50 bits per heavy atom. The summed E-state index contributed by atoms with van der Waals surface area (Å²) in [5.41, 5.74) is 3.76. The van der Waals surface area contributed by atoms with Crippen molar-refractivity contribution in [3.8, 4) is 5.69 Å². The van der Waals surface area contributed by atoms with Crippen LogP contribution in [0.25, 0.3) is 16.7 Å². The summed E-state index contributed by atoms with van der Waals surface area (Å²) in [4.78, 5) is 15.6. The molecule has 0 bridgehead atoms. The third kappa shape index (κ3) is 1.70. The highest BCUT2D eigenvalue weighted by atomic mass is 16.1. The summed E-state index contributed by atoms with van der Waals surface area (Å²) in [6, 6.07) is 15.5. The maximum atomic E-state index is 11.2. The van der Waals surface area contributed by atoms with Crippen LogP contribution in [-0.4, -0.2) is 15.3 Å². The summed E-state index contributed by atoms with van der Waals surface area (Å²) in [6.07, 6.45) is 1.80. The molecule has 0 aliphatic rings. The molecule has 0 aliphatic carbocycles. The first-order chi connectivity index (χ1) is 8.75. The fraction of sp³-hybridized carbons (Fsp3) is 0.0667. The van der Waals surface area contributed by atoms with Gasteiger partial charge in [0, 0.05) is 11.3 Å². The molecule has 3 nitrogen and oxygen atoms in total. The van der Waals surface area contributed by atoms with E-state index in [9.17, 15) is 4.79 Å². The van der Waals surface area contributed by atoms with E-state index >= 15 is 0 Å². The molecule has 2 aromatic carbocycles. The van der Waals surface area contributed by atoms with Crippen molar-refractivity contribution in [1.29, 1.82) is 0 Å². The van der Waals surface area contributed by atoms with Crippen LogP contribution in [-0.2, 0) is 0 Å². The van der Waals surface area contributed by atoms with Crippen molar-refractivity contribution in [2.75, 3.05) is 0 Å². The summed E-state index contributed by atoms with van der Waals surface area (Å²) >= 11 is 0. The van der Waals surface area contributed by atoms with Crippen molar-refractivity contribution in [2.45, 2.75) is 6.92 Å². The third-order valence-electron chi connectivity index (χ3n) is 3.01. The summed E-state index contributed by atoms with van der Waals surface area (Å²) in [7, 11) is 0. The molecule has 18 heavy (non-hydrogen) atoms. The first-order valence-corrected chi connectivity index (χ1v) is 5.79. The third-order valence-corrected chi connectivity index (χ3v) is 3.01. The smallest absolute Gasteiger partial charge is 0.159 e. The van der Waals surface area contributed by atoms with Crippen LogP contribution in [0.2, 0.25) is 0 Å². The Hall–Kier alpha value is -2.42. The summed E-state index contributed by atoms with van der Waals surface area (Å²) in [6.45, 7) is 1.57. The molecule has 1 heterocycles. The Morgan fingerprint density at radius 2 is 1.78 bits per heavy atom. The van der Waals surface area contributed by atoms with E-state index in [0.29, 0.717) is 0 Å². The topological polar surface area (TPSA) is 34.9 Å². The molecule has 1 aromatic heterocycles. The summed E-state index contributed by atoms with van der Waals surface area (Å²) in [5, 5.41) is 0. The molecule has 0 aliphatic heterocycles. The number of carbonyl (C=O) groups excluding carboxylic acids is 1. The van der Waals surface area contributed by atoms with Crippen molar-refractivity contribution in [3.63, 3.8) is 0 Å². The predicted octanol–water partition coefficient (Wildman–Crippen LogP) is 3.23. The van der Waals surface area contributed by atoms with Crippen LogP contribution in [0, 0.1) is 0 Å². The van der Waals surface area contributed by atoms with Crippen LogP contribution >= 0.6 is 0 Å². The number of hydrogen-bond donors (Lipinski definition) is 0. The summed E-state index contributed by atoms with van der Waals surface area (Å²) in [5.74, 6) is 0.0806. The van der Waals surface area contributed by atoms with Gasteiger partial charge in [-0.2, -0.15) is 0 Å². The first-order valence-electron chi connectivity index (χ1n) is 5.79. The standard InChI is InChI=1S/C15H12N2O/c1-11(18)12-6-8-13(9-7-12)17-10-16-14-4-2-3-5-15(14)17/h2-10H,1H3. The van der Waals surface area contributed by atoms with E-state index in [1.54, 1.807) is 13.3 Å². The predicted molar refractivity (Wildman–Crippen MR) is 71.1 cm³/mol. The van der Waals surface area contributed by atoms with Gasteiger partial charge < -0.3 is 0 Å². The highest BCUT2D eigenvalue weighted by molar-refractivity contribution is 5.94. The minimum atomic E-state index is 0.0806. The molecule has 0 atom stereocenters. The van der Waals surface area contributed by atoms with Crippen LogP contribution < -0.4 is 0 Å². The van der Waals surface area contributed by atoms with Crippen molar-refractivity contribution < 1.29 is 4.79 Å². The maximum absolute atomic E-state index is 11.2. The van der Waals surface area contributed by atoms with E-state index in [4.69, 9.17) is 0 Å². The van der Waals surface area contributed by atoms with Gasteiger partial charge in [0.2, 0.25) is 0 Å². The number of imidazole rings is 1. The van der Waals surface area contributed by atoms with Gasteiger partial charge in [-0.3, -0.25) is 9.36 Å². The van der Waals surface area contributed by atoms with Gasteiger partial charge in [-0.15, -0.1) is 0 Å². The van der Waals surface area contributed by atoms with Gasteiger partial charge in [-0.1, -0.05) is 12.1 Å². The molecular formula is C15H12N2O. The molecule has 0 saturated heterocycles. The van der Waals surface area contributed by atoms with Gasteiger partial charge in [0.05, 0.1) is 11.0 Å². The zero-order valence-electron chi connectivity index (χ0n) is 10.00. The van der Waals surface area contributed by atoms with Crippen molar-refractivity contribution in [1.82, 2.24) is 9.55 Å². The van der Waals surface area contributed by atoms with Crippen LogP contribution in [0.3, 0.4) is 0 Å². The molecule has 3 rings (SSSR count). The van der Waals surface area contributed by atoms with Gasteiger partial charge >= 0.3 is 0 Å². The van der Waals surface area contributed by atoms with Crippen molar-refractivity contribution >= 4 is 16.8 Å². The molecule has 0 spiro atoms.